The number of aromatic nitrogens is 1. The Morgan fingerprint density at radius 1 is 1.08 bits per heavy atom. The average molecular weight is 497 g/mol. The minimum Gasteiger partial charge on any atom is -0.496 e. The van der Waals surface area contributed by atoms with Gasteiger partial charge in [0.2, 0.25) is 0 Å². The first kappa shape index (κ1) is 25.4. The lowest BCUT2D eigenvalue weighted by Gasteiger charge is -2.44. The SMILES string of the molecule is COc1cc2[nH]cc(C(=O)C(=O)N(C)C)c2cc1C(=O)N1C[C@H](C)N(Cc2ccc(F)cc2)C[C@H]1C.[HH]. The number of hydrogen-bond donors (Lipinski definition) is 1. The summed E-state index contributed by atoms with van der Waals surface area (Å²) >= 11 is 0. The molecular formula is C27H33FN4O4. The smallest absolute Gasteiger partial charge is 0.294 e. The van der Waals surface area contributed by atoms with Gasteiger partial charge in [0.1, 0.15) is 11.6 Å². The molecule has 2 aromatic carbocycles. The van der Waals surface area contributed by atoms with Gasteiger partial charge in [-0.05, 0) is 37.6 Å². The Hall–Kier alpha value is -3.72. The molecule has 1 N–H and O–H groups in total. The number of ketones is 1. The first-order chi connectivity index (χ1) is 17.1. The number of nitrogens with one attached hydrogen (secondary N) is 1. The molecule has 192 valence electrons. The van der Waals surface area contributed by atoms with Crippen molar-refractivity contribution in [3.05, 3.63) is 65.1 Å². The van der Waals surface area contributed by atoms with Crippen LogP contribution in [0.4, 0.5) is 4.39 Å². The van der Waals surface area contributed by atoms with Crippen LogP contribution in [0.15, 0.2) is 42.6 Å². The Bertz CT molecular complexity index is 1310. The lowest BCUT2D eigenvalue weighted by molar-refractivity contribution is -0.124. The van der Waals surface area contributed by atoms with Gasteiger partial charge >= 0.3 is 0 Å². The molecule has 1 aliphatic heterocycles. The summed E-state index contributed by atoms with van der Waals surface area (Å²) in [4.78, 5) is 47.1. The number of rotatable bonds is 6. The van der Waals surface area contributed by atoms with Crippen LogP contribution >= 0.6 is 0 Å². The number of halogens is 1. The number of methoxy groups -OCH3 is 1. The van der Waals surface area contributed by atoms with Crippen molar-refractivity contribution in [2.45, 2.75) is 32.5 Å². The van der Waals surface area contributed by atoms with Crippen LogP contribution in [-0.4, -0.2) is 83.7 Å². The van der Waals surface area contributed by atoms with E-state index in [2.05, 4.69) is 16.8 Å². The highest BCUT2D eigenvalue weighted by Crippen LogP contribution is 2.31. The Balaban J connectivity index is 0.00000380. The molecule has 36 heavy (non-hydrogen) atoms. The Morgan fingerprint density at radius 3 is 2.42 bits per heavy atom. The molecule has 1 aliphatic rings. The van der Waals surface area contributed by atoms with Crippen molar-refractivity contribution in [3.8, 4) is 5.75 Å². The van der Waals surface area contributed by atoms with Gasteiger partial charge in [0.15, 0.2) is 0 Å². The molecule has 0 spiro atoms. The molecule has 8 nitrogen and oxygen atoms in total. The molecule has 0 bridgehead atoms. The normalized spacial score (nSPS) is 18.3. The number of aromatic amines is 1. The second-order valence-electron chi connectivity index (χ2n) is 9.54. The number of nitrogens with zero attached hydrogens (tertiary/aromatic N) is 3. The molecule has 9 heteroatoms. The summed E-state index contributed by atoms with van der Waals surface area (Å²) in [7, 11) is 4.53. The molecule has 1 aromatic heterocycles. The number of likely N-dealkylation sites (N-methyl/N-ethyl adjacent to an activating group) is 1. The Morgan fingerprint density at radius 2 is 1.78 bits per heavy atom. The first-order valence-corrected chi connectivity index (χ1v) is 11.8. The number of benzene rings is 2. The van der Waals surface area contributed by atoms with Crippen LogP contribution in [0, 0.1) is 5.82 Å². The molecule has 0 aliphatic carbocycles. The fourth-order valence-electron chi connectivity index (χ4n) is 4.67. The maximum absolute atomic E-state index is 13.7. The molecule has 2 atom stereocenters. The van der Waals surface area contributed by atoms with E-state index >= 15 is 0 Å². The Labute approximate surface area is 211 Å². The second-order valence-corrected chi connectivity index (χ2v) is 9.54. The van der Waals surface area contributed by atoms with Crippen LogP contribution in [0.25, 0.3) is 10.9 Å². The summed E-state index contributed by atoms with van der Waals surface area (Å²) in [6.45, 7) is 5.87. The highest BCUT2D eigenvalue weighted by atomic mass is 19.1. The zero-order chi connectivity index (χ0) is 26.1. The van der Waals surface area contributed by atoms with Crippen molar-refractivity contribution in [1.82, 2.24) is 19.7 Å². The number of carbonyl (C=O) groups is 3. The molecule has 1 fully saturated rings. The van der Waals surface area contributed by atoms with Gasteiger partial charge in [-0.1, -0.05) is 12.1 Å². The minimum atomic E-state index is -0.647. The predicted octanol–water partition coefficient (Wildman–Crippen LogP) is 3.57. The summed E-state index contributed by atoms with van der Waals surface area (Å²) in [6.07, 6.45) is 1.49. The molecular weight excluding hydrogens is 463 g/mol. The van der Waals surface area contributed by atoms with E-state index in [1.54, 1.807) is 24.3 Å². The summed E-state index contributed by atoms with van der Waals surface area (Å²) in [5, 5.41) is 0.495. The highest BCUT2D eigenvalue weighted by molar-refractivity contribution is 6.44. The predicted molar refractivity (Wildman–Crippen MR) is 137 cm³/mol. The van der Waals surface area contributed by atoms with Crippen LogP contribution in [-0.2, 0) is 11.3 Å². The molecule has 0 radical (unpaired) electrons. The maximum Gasteiger partial charge on any atom is 0.294 e. The third-order valence-electron chi connectivity index (χ3n) is 6.75. The zero-order valence-electron chi connectivity index (χ0n) is 21.2. The van der Waals surface area contributed by atoms with E-state index in [9.17, 15) is 18.8 Å². The molecule has 4 rings (SSSR count). The van der Waals surface area contributed by atoms with Gasteiger partial charge in [0.25, 0.3) is 17.6 Å². The number of piperazine rings is 1. The number of hydrogen-bond acceptors (Lipinski definition) is 5. The van der Waals surface area contributed by atoms with E-state index in [0.29, 0.717) is 41.9 Å². The zero-order valence-corrected chi connectivity index (χ0v) is 21.2. The van der Waals surface area contributed by atoms with Crippen LogP contribution in [0.2, 0.25) is 0 Å². The van der Waals surface area contributed by atoms with Crippen molar-refractivity contribution in [1.29, 1.82) is 0 Å². The lowest BCUT2D eigenvalue weighted by Crippen LogP contribution is -2.57. The van der Waals surface area contributed by atoms with Crippen molar-refractivity contribution < 1.29 is 24.9 Å². The summed E-state index contributed by atoms with van der Waals surface area (Å²) in [5.41, 5.74) is 2.16. The van der Waals surface area contributed by atoms with E-state index in [0.717, 1.165) is 5.56 Å². The lowest BCUT2D eigenvalue weighted by atomic mass is 10.0. The molecule has 1 saturated heterocycles. The third kappa shape index (κ3) is 4.83. The van der Waals surface area contributed by atoms with Gasteiger partial charge in [0.05, 0.1) is 18.2 Å². The summed E-state index contributed by atoms with van der Waals surface area (Å²) in [5.74, 6) is -1.36. The van der Waals surface area contributed by atoms with Crippen molar-refractivity contribution in [2.75, 3.05) is 34.3 Å². The number of fused-ring (bicyclic) bond motifs is 1. The van der Waals surface area contributed by atoms with E-state index in [4.69, 9.17) is 4.74 Å². The van der Waals surface area contributed by atoms with Crippen molar-refractivity contribution in [3.63, 3.8) is 0 Å². The number of H-pyrrole nitrogens is 1. The fourth-order valence-corrected chi connectivity index (χ4v) is 4.67. The number of carbonyl (C=O) groups excluding carboxylic acids is 3. The van der Waals surface area contributed by atoms with Crippen LogP contribution in [0.3, 0.4) is 0 Å². The van der Waals surface area contributed by atoms with Gasteiger partial charge in [-0.3, -0.25) is 19.3 Å². The van der Waals surface area contributed by atoms with Gasteiger partial charge in [0, 0.05) is 70.4 Å². The quantitative estimate of drug-likeness (QED) is 0.417. The maximum atomic E-state index is 13.7. The van der Waals surface area contributed by atoms with Crippen LogP contribution in [0.1, 0.15) is 41.6 Å². The number of ether oxygens (including phenoxy) is 1. The van der Waals surface area contributed by atoms with Gasteiger partial charge < -0.3 is 19.5 Å². The second kappa shape index (κ2) is 10.1. The van der Waals surface area contributed by atoms with E-state index < -0.39 is 11.7 Å². The van der Waals surface area contributed by atoms with Gasteiger partial charge in [-0.15, -0.1) is 0 Å². The van der Waals surface area contributed by atoms with Crippen molar-refractivity contribution >= 4 is 28.5 Å². The number of amides is 2. The standard InChI is InChI=1S/C27H31FN4O4.H2/c1-16-14-32(17(2)13-31(16)15-18-6-8-19(28)9-7-18)26(34)21-10-20-22(25(33)27(35)30(3)4)12-29-23(20)11-24(21)36-5;/h6-12,16-17,29H,13-15H2,1-5H3;1H/t16-,17+;/m0./s1. The molecule has 3 aromatic rings. The third-order valence-corrected chi connectivity index (χ3v) is 6.75. The summed E-state index contributed by atoms with van der Waals surface area (Å²) < 4.78 is 18.8. The minimum absolute atomic E-state index is 0. The highest BCUT2D eigenvalue weighted by Gasteiger charge is 2.34. The van der Waals surface area contributed by atoms with E-state index in [-0.39, 0.29) is 30.8 Å². The van der Waals surface area contributed by atoms with Crippen LogP contribution < -0.4 is 4.74 Å². The molecule has 2 amide bonds. The molecule has 2 heterocycles. The molecule has 0 unspecified atom stereocenters. The first-order valence-electron chi connectivity index (χ1n) is 11.8. The average Bonchev–Trinajstić information content (AvgIpc) is 3.28. The van der Waals surface area contributed by atoms with Gasteiger partial charge in [-0.2, -0.15) is 0 Å². The molecule has 0 saturated carbocycles. The largest absolute Gasteiger partial charge is 0.496 e. The topological polar surface area (TPSA) is 85.9 Å². The monoisotopic (exact) mass is 496 g/mol. The number of Topliss-reactive ketones (excluding diaryl/α,β-unsaturated/α-hetero) is 1. The van der Waals surface area contributed by atoms with Gasteiger partial charge in [-0.25, -0.2) is 4.39 Å². The Kier molecular flexibility index (Phi) is 7.12. The van der Waals surface area contributed by atoms with E-state index in [1.807, 2.05) is 11.8 Å². The van der Waals surface area contributed by atoms with Crippen LogP contribution in [0.5, 0.6) is 5.75 Å². The van der Waals surface area contributed by atoms with Crippen molar-refractivity contribution in [2.24, 2.45) is 0 Å². The van der Waals surface area contributed by atoms with E-state index in [1.165, 1.54) is 44.4 Å². The fraction of sp³-hybridized carbons (Fsp3) is 0.370. The summed E-state index contributed by atoms with van der Waals surface area (Å²) in [6, 6.07) is 9.77.